The van der Waals surface area contributed by atoms with Crippen LogP contribution in [-0.4, -0.2) is 33.0 Å². The van der Waals surface area contributed by atoms with Gasteiger partial charge in [-0.3, -0.25) is 4.21 Å². The van der Waals surface area contributed by atoms with E-state index in [0.717, 1.165) is 16.7 Å². The lowest BCUT2D eigenvalue weighted by Crippen LogP contribution is -2.43. The number of rotatable bonds is 4. The molecule has 2 heterocycles. The Morgan fingerprint density at radius 2 is 1.93 bits per heavy atom. The zero-order valence-electron chi connectivity index (χ0n) is 16.3. The third-order valence-corrected chi connectivity index (χ3v) is 7.35. The number of fused-ring (bicyclic) bond motifs is 3. The van der Waals surface area contributed by atoms with Crippen molar-refractivity contribution in [1.29, 1.82) is 5.26 Å². The van der Waals surface area contributed by atoms with Crippen LogP contribution in [0.5, 0.6) is 0 Å². The lowest BCUT2D eigenvalue weighted by Gasteiger charge is -2.32. The van der Waals surface area contributed by atoms with Crippen molar-refractivity contribution >= 4 is 22.8 Å². The van der Waals surface area contributed by atoms with Gasteiger partial charge in [-0.2, -0.15) is 5.26 Å². The van der Waals surface area contributed by atoms with Gasteiger partial charge in [-0.1, -0.05) is 42.0 Å². The summed E-state index contributed by atoms with van der Waals surface area (Å²) in [4.78, 5) is 15.4. The Labute approximate surface area is 173 Å². The molecule has 0 bridgehead atoms. The maximum atomic E-state index is 13.6. The molecule has 4 rings (SSSR count). The normalized spacial score (nSPS) is 25.6. The Kier molecular flexibility index (Phi) is 5.25. The second-order valence-corrected chi connectivity index (χ2v) is 8.87. The fraction of sp³-hybridized carbons (Fsp3) is 0.304. The Hall–Kier alpha value is -2.91. The van der Waals surface area contributed by atoms with E-state index in [1.807, 2.05) is 72.6 Å². The minimum atomic E-state index is -1.54. The fourth-order valence-electron chi connectivity index (χ4n) is 4.25. The third-order valence-electron chi connectivity index (χ3n) is 5.57. The monoisotopic (exact) mass is 406 g/mol. The summed E-state index contributed by atoms with van der Waals surface area (Å²) in [6, 6.07) is 16.5. The topological polar surface area (TPSA) is 70.4 Å². The van der Waals surface area contributed by atoms with Crippen LogP contribution >= 0.6 is 0 Å². The molecule has 29 heavy (non-hydrogen) atoms. The predicted molar refractivity (Wildman–Crippen MR) is 111 cm³/mol. The van der Waals surface area contributed by atoms with E-state index in [0.29, 0.717) is 4.90 Å². The summed E-state index contributed by atoms with van der Waals surface area (Å²) in [5.74, 6) is -1.05. The van der Waals surface area contributed by atoms with E-state index < -0.39 is 34.0 Å². The summed E-state index contributed by atoms with van der Waals surface area (Å²) < 4.78 is 18.9. The highest BCUT2D eigenvalue weighted by Gasteiger charge is 2.56. The lowest BCUT2D eigenvalue weighted by atomic mass is 9.89. The molecule has 0 saturated carbocycles. The molecule has 1 saturated heterocycles. The number of ether oxygens (including phenoxy) is 1. The van der Waals surface area contributed by atoms with Crippen molar-refractivity contribution in [3.8, 4) is 6.07 Å². The lowest BCUT2D eigenvalue weighted by molar-refractivity contribution is -0.147. The first-order valence-corrected chi connectivity index (χ1v) is 10.9. The maximum absolute atomic E-state index is 13.6. The van der Waals surface area contributed by atoms with Crippen molar-refractivity contribution in [1.82, 2.24) is 4.90 Å². The molecule has 1 fully saturated rings. The minimum Gasteiger partial charge on any atom is -0.464 e. The van der Waals surface area contributed by atoms with E-state index in [4.69, 9.17) is 4.74 Å². The number of carbonyl (C=O) groups is 1. The molecular formula is C23H22N2O3S. The van der Waals surface area contributed by atoms with Crippen LogP contribution in [0.4, 0.5) is 0 Å². The summed E-state index contributed by atoms with van der Waals surface area (Å²) in [5.41, 5.74) is 3.04. The van der Waals surface area contributed by atoms with Crippen LogP contribution in [0.2, 0.25) is 0 Å². The Morgan fingerprint density at radius 3 is 2.62 bits per heavy atom. The van der Waals surface area contributed by atoms with Gasteiger partial charge in [-0.15, -0.1) is 0 Å². The smallest absolute Gasteiger partial charge is 0.330 e. The molecule has 0 aliphatic carbocycles. The number of hydrogen-bond donors (Lipinski definition) is 0. The van der Waals surface area contributed by atoms with Crippen LogP contribution in [0, 0.1) is 24.2 Å². The van der Waals surface area contributed by atoms with E-state index >= 15 is 0 Å². The van der Waals surface area contributed by atoms with Gasteiger partial charge in [-0.25, -0.2) is 4.79 Å². The molecule has 0 amide bonds. The molecule has 2 aromatic carbocycles. The molecule has 2 aliphatic rings. The molecule has 0 radical (unpaired) electrons. The SMILES string of the molecule is CCOC(=O)[C@@H]1[C@H]([S@@](=O)c2ccc(C)cc2)[C@H](C#N)[C@H]2c3ccccc3C=CN12. The molecule has 0 unspecified atom stereocenters. The first kappa shape index (κ1) is 19.4. The molecular weight excluding hydrogens is 384 g/mol. The van der Waals surface area contributed by atoms with Gasteiger partial charge < -0.3 is 9.64 Å². The molecule has 0 N–H and O–H groups in total. The fourth-order valence-corrected chi connectivity index (χ4v) is 5.93. The van der Waals surface area contributed by atoms with E-state index in [1.54, 1.807) is 6.92 Å². The number of carbonyl (C=O) groups excluding carboxylic acids is 1. The van der Waals surface area contributed by atoms with Crippen molar-refractivity contribution in [2.24, 2.45) is 5.92 Å². The highest BCUT2D eigenvalue weighted by atomic mass is 32.2. The number of hydrogen-bond acceptors (Lipinski definition) is 5. The Morgan fingerprint density at radius 1 is 1.21 bits per heavy atom. The van der Waals surface area contributed by atoms with Crippen LogP contribution in [0.25, 0.3) is 6.08 Å². The number of aryl methyl sites for hydroxylation is 1. The summed E-state index contributed by atoms with van der Waals surface area (Å²) in [6.07, 6.45) is 3.77. The first-order chi connectivity index (χ1) is 14.1. The summed E-state index contributed by atoms with van der Waals surface area (Å²) in [7, 11) is -1.54. The average Bonchev–Trinajstić information content (AvgIpc) is 3.08. The minimum absolute atomic E-state index is 0.231. The standard InChI is InChI=1S/C23H22N2O3S/c1-3-28-23(26)21-22(29(27)17-10-8-15(2)9-11-17)19(14-24)20-18-7-5-4-6-16(18)12-13-25(20)21/h4-13,19-22H,3H2,1-2H3/t19-,20-,21+,22-,29+/m1/s1. The highest BCUT2D eigenvalue weighted by molar-refractivity contribution is 7.85. The molecule has 6 heteroatoms. The van der Waals surface area contributed by atoms with Gasteiger partial charge in [0, 0.05) is 11.1 Å². The molecule has 2 aliphatic heterocycles. The van der Waals surface area contributed by atoms with Crippen molar-refractivity contribution in [3.63, 3.8) is 0 Å². The molecule has 5 nitrogen and oxygen atoms in total. The number of nitriles is 1. The van der Waals surface area contributed by atoms with Crippen LogP contribution in [0.3, 0.4) is 0 Å². The van der Waals surface area contributed by atoms with E-state index in [9.17, 15) is 14.3 Å². The summed E-state index contributed by atoms with van der Waals surface area (Å²) in [5, 5.41) is 9.39. The van der Waals surface area contributed by atoms with Gasteiger partial charge >= 0.3 is 5.97 Å². The van der Waals surface area contributed by atoms with Crippen LogP contribution in [0.1, 0.15) is 29.7 Å². The molecule has 0 aromatic heterocycles. The van der Waals surface area contributed by atoms with Gasteiger partial charge in [0.2, 0.25) is 0 Å². The number of esters is 1. The van der Waals surface area contributed by atoms with E-state index in [2.05, 4.69) is 6.07 Å². The van der Waals surface area contributed by atoms with Crippen molar-refractivity contribution in [2.75, 3.05) is 6.61 Å². The van der Waals surface area contributed by atoms with Gasteiger partial charge in [0.1, 0.15) is 6.04 Å². The molecule has 5 atom stereocenters. The predicted octanol–water partition coefficient (Wildman–Crippen LogP) is 3.58. The first-order valence-electron chi connectivity index (χ1n) is 9.65. The van der Waals surface area contributed by atoms with Gasteiger partial charge in [0.15, 0.2) is 0 Å². The Bertz CT molecular complexity index is 1030. The van der Waals surface area contributed by atoms with Crippen LogP contribution in [0.15, 0.2) is 59.6 Å². The zero-order valence-corrected chi connectivity index (χ0v) is 17.1. The quantitative estimate of drug-likeness (QED) is 0.726. The van der Waals surface area contributed by atoms with Crippen molar-refractivity contribution in [3.05, 3.63) is 71.4 Å². The number of benzene rings is 2. The highest BCUT2D eigenvalue weighted by Crippen LogP contribution is 2.48. The molecule has 2 aromatic rings. The second-order valence-electron chi connectivity index (χ2n) is 7.26. The molecule has 0 spiro atoms. The Balaban J connectivity index is 1.83. The number of nitrogens with zero attached hydrogens (tertiary/aromatic N) is 2. The van der Waals surface area contributed by atoms with E-state index in [-0.39, 0.29) is 12.6 Å². The summed E-state index contributed by atoms with van der Waals surface area (Å²) in [6.45, 7) is 3.94. The zero-order chi connectivity index (χ0) is 20.5. The molecule has 148 valence electrons. The van der Waals surface area contributed by atoms with Gasteiger partial charge in [0.05, 0.1) is 40.7 Å². The van der Waals surface area contributed by atoms with Crippen molar-refractivity contribution in [2.45, 2.75) is 36.1 Å². The summed E-state index contributed by atoms with van der Waals surface area (Å²) >= 11 is 0. The van der Waals surface area contributed by atoms with Gasteiger partial charge in [-0.05, 0) is 43.2 Å². The maximum Gasteiger partial charge on any atom is 0.330 e. The average molecular weight is 407 g/mol. The second kappa shape index (κ2) is 7.84. The largest absolute Gasteiger partial charge is 0.464 e. The third kappa shape index (κ3) is 3.26. The van der Waals surface area contributed by atoms with Crippen LogP contribution < -0.4 is 0 Å². The van der Waals surface area contributed by atoms with Crippen molar-refractivity contribution < 1.29 is 13.7 Å². The van der Waals surface area contributed by atoms with E-state index in [1.165, 1.54) is 0 Å². The van der Waals surface area contributed by atoms with Gasteiger partial charge in [0.25, 0.3) is 0 Å². The van der Waals surface area contributed by atoms with Crippen LogP contribution in [-0.2, 0) is 20.3 Å².